The highest BCUT2D eigenvalue weighted by Crippen LogP contribution is 2.29. The number of nitrogens with zero attached hydrogens (tertiary/aromatic N) is 1. The molecule has 4 heteroatoms. The second-order valence-electron chi connectivity index (χ2n) is 5.16. The average molecular weight is 229 g/mol. The zero-order valence-electron chi connectivity index (χ0n) is 10.7. The first-order valence-electron chi connectivity index (χ1n) is 5.98. The second kappa shape index (κ2) is 5.15. The molecule has 0 amide bonds. The summed E-state index contributed by atoms with van der Waals surface area (Å²) in [5.74, 6) is -0.223. The second-order valence-corrected chi connectivity index (χ2v) is 5.16. The quantitative estimate of drug-likeness (QED) is 0.751. The average Bonchev–Trinajstić information content (AvgIpc) is 2.20. The van der Waals surface area contributed by atoms with Gasteiger partial charge in [0.2, 0.25) is 0 Å². The highest BCUT2D eigenvalue weighted by molar-refractivity contribution is 5.68. The lowest BCUT2D eigenvalue weighted by Gasteiger charge is -2.51. The first-order valence-corrected chi connectivity index (χ1v) is 5.98. The maximum atomic E-state index is 10.4. The molecule has 0 saturated carbocycles. The summed E-state index contributed by atoms with van der Waals surface area (Å²) < 4.78 is 5.38. The van der Waals surface area contributed by atoms with Crippen LogP contribution in [0.3, 0.4) is 0 Å². The third-order valence-corrected chi connectivity index (χ3v) is 3.66. The van der Waals surface area contributed by atoms with Crippen LogP contribution in [0.15, 0.2) is 0 Å². The van der Waals surface area contributed by atoms with E-state index in [2.05, 4.69) is 25.7 Å². The van der Waals surface area contributed by atoms with Gasteiger partial charge in [-0.1, -0.05) is 20.3 Å². The van der Waals surface area contributed by atoms with Crippen LogP contribution in [-0.2, 0) is 9.53 Å². The van der Waals surface area contributed by atoms with E-state index < -0.39 is 5.97 Å². The molecule has 0 aromatic carbocycles. The molecule has 0 aromatic heterocycles. The normalized spacial score (nSPS) is 23.5. The maximum Gasteiger partial charge on any atom is 0.329 e. The Morgan fingerprint density at radius 2 is 2.06 bits per heavy atom. The Morgan fingerprint density at radius 1 is 1.50 bits per heavy atom. The van der Waals surface area contributed by atoms with E-state index in [4.69, 9.17) is 9.84 Å². The number of hydrogen-bond acceptors (Lipinski definition) is 3. The standard InChI is InChI=1S/C12H23NO3/c1-5-9(2)10(3)13-7-12(4,8-13)16-6-11(14)15/h9-10H,5-8H2,1-4H3,(H,14,15). The number of rotatable bonds is 6. The summed E-state index contributed by atoms with van der Waals surface area (Å²) in [7, 11) is 0. The molecule has 1 rings (SSSR count). The molecule has 16 heavy (non-hydrogen) atoms. The van der Waals surface area contributed by atoms with Crippen molar-refractivity contribution in [2.75, 3.05) is 19.7 Å². The van der Waals surface area contributed by atoms with Gasteiger partial charge in [-0.25, -0.2) is 4.79 Å². The molecule has 94 valence electrons. The third-order valence-electron chi connectivity index (χ3n) is 3.66. The van der Waals surface area contributed by atoms with Gasteiger partial charge in [0.1, 0.15) is 6.61 Å². The van der Waals surface area contributed by atoms with Gasteiger partial charge in [-0.05, 0) is 19.8 Å². The van der Waals surface area contributed by atoms with E-state index in [1.807, 2.05) is 6.92 Å². The predicted octanol–water partition coefficient (Wildman–Crippen LogP) is 1.60. The lowest BCUT2D eigenvalue weighted by Crippen LogP contribution is -2.65. The summed E-state index contributed by atoms with van der Waals surface area (Å²) in [6.45, 7) is 10.1. The van der Waals surface area contributed by atoms with E-state index in [0.717, 1.165) is 13.1 Å². The van der Waals surface area contributed by atoms with Crippen LogP contribution in [0.4, 0.5) is 0 Å². The molecule has 0 aliphatic carbocycles. The summed E-state index contributed by atoms with van der Waals surface area (Å²) >= 11 is 0. The van der Waals surface area contributed by atoms with E-state index in [-0.39, 0.29) is 12.2 Å². The molecule has 4 nitrogen and oxygen atoms in total. The molecule has 2 atom stereocenters. The van der Waals surface area contributed by atoms with Gasteiger partial charge in [0.25, 0.3) is 0 Å². The van der Waals surface area contributed by atoms with E-state index in [1.54, 1.807) is 0 Å². The van der Waals surface area contributed by atoms with Gasteiger partial charge in [0.15, 0.2) is 0 Å². The zero-order chi connectivity index (χ0) is 12.3. The Morgan fingerprint density at radius 3 is 2.50 bits per heavy atom. The molecule has 1 heterocycles. The Bertz CT molecular complexity index is 249. The molecule has 0 bridgehead atoms. The summed E-state index contributed by atoms with van der Waals surface area (Å²) in [6.07, 6.45) is 1.17. The van der Waals surface area contributed by atoms with Crippen LogP contribution in [0, 0.1) is 5.92 Å². The van der Waals surface area contributed by atoms with Crippen molar-refractivity contribution in [3.05, 3.63) is 0 Å². The molecule has 1 aliphatic heterocycles. The van der Waals surface area contributed by atoms with E-state index >= 15 is 0 Å². The van der Waals surface area contributed by atoms with E-state index in [9.17, 15) is 4.79 Å². The van der Waals surface area contributed by atoms with Crippen LogP contribution < -0.4 is 0 Å². The van der Waals surface area contributed by atoms with Crippen molar-refractivity contribution in [3.8, 4) is 0 Å². The van der Waals surface area contributed by atoms with Crippen molar-refractivity contribution in [2.45, 2.75) is 45.8 Å². The molecule has 2 unspecified atom stereocenters. The summed E-state index contributed by atoms with van der Waals surface area (Å²) in [6, 6.07) is 0.548. The fourth-order valence-electron chi connectivity index (χ4n) is 2.13. The molecule has 1 aliphatic rings. The number of carbonyl (C=O) groups is 1. The van der Waals surface area contributed by atoms with Crippen LogP contribution in [0.5, 0.6) is 0 Å². The molecular formula is C12H23NO3. The van der Waals surface area contributed by atoms with Crippen molar-refractivity contribution < 1.29 is 14.6 Å². The van der Waals surface area contributed by atoms with Gasteiger partial charge < -0.3 is 9.84 Å². The third kappa shape index (κ3) is 3.19. The Labute approximate surface area is 97.6 Å². The molecule has 0 spiro atoms. The van der Waals surface area contributed by atoms with Crippen LogP contribution in [0.2, 0.25) is 0 Å². The van der Waals surface area contributed by atoms with Crippen LogP contribution in [-0.4, -0.2) is 47.3 Å². The fraction of sp³-hybridized carbons (Fsp3) is 0.917. The van der Waals surface area contributed by atoms with Crippen molar-refractivity contribution in [1.29, 1.82) is 0 Å². The predicted molar refractivity (Wildman–Crippen MR) is 62.5 cm³/mol. The zero-order valence-corrected chi connectivity index (χ0v) is 10.7. The molecular weight excluding hydrogens is 206 g/mol. The summed E-state index contributed by atoms with van der Waals surface area (Å²) in [4.78, 5) is 12.8. The van der Waals surface area contributed by atoms with Crippen molar-refractivity contribution in [3.63, 3.8) is 0 Å². The van der Waals surface area contributed by atoms with Crippen molar-refractivity contribution >= 4 is 5.97 Å². The Balaban J connectivity index is 2.32. The first-order chi connectivity index (χ1) is 7.38. The van der Waals surface area contributed by atoms with Gasteiger partial charge in [-0.2, -0.15) is 0 Å². The van der Waals surface area contributed by atoms with Crippen LogP contribution >= 0.6 is 0 Å². The minimum atomic E-state index is -0.894. The first kappa shape index (κ1) is 13.5. The van der Waals surface area contributed by atoms with Gasteiger partial charge in [0.05, 0.1) is 5.60 Å². The smallest absolute Gasteiger partial charge is 0.329 e. The largest absolute Gasteiger partial charge is 0.480 e. The van der Waals surface area contributed by atoms with E-state index in [0.29, 0.717) is 12.0 Å². The van der Waals surface area contributed by atoms with Crippen LogP contribution in [0.25, 0.3) is 0 Å². The van der Waals surface area contributed by atoms with E-state index in [1.165, 1.54) is 6.42 Å². The van der Waals surface area contributed by atoms with Gasteiger partial charge in [-0.3, -0.25) is 4.90 Å². The Hall–Kier alpha value is -0.610. The molecule has 1 fully saturated rings. The number of carboxylic acids is 1. The number of ether oxygens (including phenoxy) is 1. The number of hydrogen-bond donors (Lipinski definition) is 1. The lowest BCUT2D eigenvalue weighted by atomic mass is 9.89. The molecule has 0 aromatic rings. The molecule has 1 saturated heterocycles. The van der Waals surface area contributed by atoms with Gasteiger partial charge in [-0.15, -0.1) is 0 Å². The summed E-state index contributed by atoms with van der Waals surface area (Å²) in [5.41, 5.74) is -0.264. The SMILES string of the molecule is CCC(C)C(C)N1CC(C)(OCC(=O)O)C1. The molecule has 1 N–H and O–H groups in total. The monoisotopic (exact) mass is 229 g/mol. The highest BCUT2D eigenvalue weighted by atomic mass is 16.5. The number of aliphatic carboxylic acids is 1. The number of carboxylic acid groups (broad SMARTS) is 1. The Kier molecular flexibility index (Phi) is 4.33. The minimum Gasteiger partial charge on any atom is -0.480 e. The van der Waals surface area contributed by atoms with Gasteiger partial charge in [0, 0.05) is 19.1 Å². The van der Waals surface area contributed by atoms with Gasteiger partial charge >= 0.3 is 5.97 Å². The topological polar surface area (TPSA) is 49.8 Å². The minimum absolute atomic E-state index is 0.192. The molecule has 0 radical (unpaired) electrons. The van der Waals surface area contributed by atoms with Crippen molar-refractivity contribution in [1.82, 2.24) is 4.90 Å². The highest BCUT2D eigenvalue weighted by Gasteiger charge is 2.42. The maximum absolute atomic E-state index is 10.4. The van der Waals surface area contributed by atoms with Crippen LogP contribution in [0.1, 0.15) is 34.1 Å². The lowest BCUT2D eigenvalue weighted by molar-refractivity contribution is -0.170. The number of likely N-dealkylation sites (tertiary alicyclic amines) is 1. The summed E-state index contributed by atoms with van der Waals surface area (Å²) in [5, 5.41) is 8.56. The van der Waals surface area contributed by atoms with Crippen molar-refractivity contribution in [2.24, 2.45) is 5.92 Å². The fourth-order valence-corrected chi connectivity index (χ4v) is 2.13.